The van der Waals surface area contributed by atoms with Gasteiger partial charge in [-0.1, -0.05) is 16.8 Å². The van der Waals surface area contributed by atoms with Crippen LogP contribution in [0.3, 0.4) is 0 Å². The normalized spacial score (nSPS) is 14.7. The van der Waals surface area contributed by atoms with Crippen molar-refractivity contribution in [2.75, 3.05) is 23.3 Å². The van der Waals surface area contributed by atoms with E-state index in [1.807, 2.05) is 32.0 Å². The summed E-state index contributed by atoms with van der Waals surface area (Å²) in [5.74, 6) is 0.593. The lowest BCUT2D eigenvalue weighted by Gasteiger charge is -2.30. The number of hydrogen-bond acceptors (Lipinski definition) is 4. The summed E-state index contributed by atoms with van der Waals surface area (Å²) < 4.78 is 5.13. The van der Waals surface area contributed by atoms with Gasteiger partial charge in [-0.15, -0.1) is 0 Å². The van der Waals surface area contributed by atoms with E-state index in [-0.39, 0.29) is 12.3 Å². The second-order valence-electron chi connectivity index (χ2n) is 6.24. The van der Waals surface area contributed by atoms with Crippen LogP contribution in [0.25, 0.3) is 0 Å². The number of benzene rings is 1. The Bertz CT molecular complexity index is 716. The SMILES string of the molecule is Cc1noc(C)c1CC(=O)Nc1cc(Cl)ccc1N1CCCCC1. The first kappa shape index (κ1) is 16.8. The van der Waals surface area contributed by atoms with Crippen molar-refractivity contribution in [2.24, 2.45) is 0 Å². The van der Waals surface area contributed by atoms with E-state index in [0.29, 0.717) is 10.8 Å². The summed E-state index contributed by atoms with van der Waals surface area (Å²) in [5.41, 5.74) is 3.39. The molecule has 24 heavy (non-hydrogen) atoms. The van der Waals surface area contributed by atoms with Crippen LogP contribution in [0.1, 0.15) is 36.3 Å². The predicted molar refractivity (Wildman–Crippen MR) is 95.8 cm³/mol. The zero-order chi connectivity index (χ0) is 17.1. The minimum atomic E-state index is -0.0927. The van der Waals surface area contributed by atoms with Crippen LogP contribution in [-0.4, -0.2) is 24.2 Å². The van der Waals surface area contributed by atoms with Crippen molar-refractivity contribution in [1.29, 1.82) is 0 Å². The first-order valence-corrected chi connectivity index (χ1v) is 8.68. The molecule has 0 unspecified atom stereocenters. The number of amides is 1. The lowest BCUT2D eigenvalue weighted by atomic mass is 10.1. The Labute approximate surface area is 147 Å². The van der Waals surface area contributed by atoms with Gasteiger partial charge in [0.05, 0.1) is 23.5 Å². The quantitative estimate of drug-likeness (QED) is 0.904. The van der Waals surface area contributed by atoms with Gasteiger partial charge >= 0.3 is 0 Å². The molecule has 2 aromatic rings. The third-order valence-electron chi connectivity index (χ3n) is 4.45. The summed E-state index contributed by atoms with van der Waals surface area (Å²) in [4.78, 5) is 14.8. The van der Waals surface area contributed by atoms with Crippen molar-refractivity contribution < 1.29 is 9.32 Å². The van der Waals surface area contributed by atoms with E-state index in [1.54, 1.807) is 0 Å². The van der Waals surface area contributed by atoms with Crippen LogP contribution in [0.15, 0.2) is 22.7 Å². The molecule has 0 spiro atoms. The number of nitrogens with one attached hydrogen (secondary N) is 1. The van der Waals surface area contributed by atoms with Crippen LogP contribution in [0.4, 0.5) is 11.4 Å². The summed E-state index contributed by atoms with van der Waals surface area (Å²) in [6.45, 7) is 5.68. The first-order chi connectivity index (χ1) is 11.5. The van der Waals surface area contributed by atoms with Gasteiger partial charge in [-0.05, 0) is 51.3 Å². The molecule has 0 saturated carbocycles. The van der Waals surface area contributed by atoms with E-state index in [1.165, 1.54) is 19.3 Å². The third-order valence-corrected chi connectivity index (χ3v) is 4.68. The predicted octanol–water partition coefficient (Wildman–Crippen LogP) is 4.12. The number of hydrogen-bond donors (Lipinski definition) is 1. The van der Waals surface area contributed by atoms with E-state index >= 15 is 0 Å². The molecular weight excluding hydrogens is 326 g/mol. The molecule has 1 amide bonds. The van der Waals surface area contributed by atoms with Gasteiger partial charge in [0, 0.05) is 23.7 Å². The average Bonchev–Trinajstić information content (AvgIpc) is 2.88. The molecule has 0 radical (unpaired) electrons. The minimum Gasteiger partial charge on any atom is -0.370 e. The number of carbonyl (C=O) groups is 1. The van der Waals surface area contributed by atoms with E-state index in [9.17, 15) is 4.79 Å². The van der Waals surface area contributed by atoms with Gasteiger partial charge in [0.1, 0.15) is 5.76 Å². The molecule has 1 aromatic heterocycles. The summed E-state index contributed by atoms with van der Waals surface area (Å²) in [5, 5.41) is 7.52. The van der Waals surface area contributed by atoms with E-state index in [2.05, 4.69) is 15.4 Å². The van der Waals surface area contributed by atoms with Crippen molar-refractivity contribution in [3.8, 4) is 0 Å². The molecular formula is C18H22ClN3O2. The van der Waals surface area contributed by atoms with Gasteiger partial charge in [-0.3, -0.25) is 4.79 Å². The molecule has 128 valence electrons. The summed E-state index contributed by atoms with van der Waals surface area (Å²) in [6, 6.07) is 5.67. The Morgan fingerprint density at radius 1 is 1.29 bits per heavy atom. The van der Waals surface area contributed by atoms with Gasteiger partial charge in [0.2, 0.25) is 5.91 Å². The summed E-state index contributed by atoms with van der Waals surface area (Å²) >= 11 is 6.14. The zero-order valence-corrected chi connectivity index (χ0v) is 14.8. The van der Waals surface area contributed by atoms with Crippen LogP contribution >= 0.6 is 11.6 Å². The lowest BCUT2D eigenvalue weighted by Crippen LogP contribution is -2.30. The molecule has 1 saturated heterocycles. The molecule has 2 heterocycles. The monoisotopic (exact) mass is 347 g/mol. The molecule has 0 bridgehead atoms. The molecule has 5 nitrogen and oxygen atoms in total. The number of rotatable bonds is 4. The van der Waals surface area contributed by atoms with E-state index < -0.39 is 0 Å². The second-order valence-corrected chi connectivity index (χ2v) is 6.67. The largest absolute Gasteiger partial charge is 0.370 e. The Hall–Kier alpha value is -2.01. The highest BCUT2D eigenvalue weighted by Crippen LogP contribution is 2.31. The zero-order valence-electron chi connectivity index (χ0n) is 14.1. The minimum absolute atomic E-state index is 0.0927. The standard InChI is InChI=1S/C18H22ClN3O2/c1-12-15(13(2)24-21-12)11-18(23)20-16-10-14(19)6-7-17(16)22-8-4-3-5-9-22/h6-7,10H,3-5,8-9,11H2,1-2H3,(H,20,23). The number of piperidine rings is 1. The maximum atomic E-state index is 12.5. The number of aromatic nitrogens is 1. The Morgan fingerprint density at radius 2 is 2.04 bits per heavy atom. The number of aryl methyl sites for hydroxylation is 2. The third kappa shape index (κ3) is 3.73. The van der Waals surface area contributed by atoms with Crippen LogP contribution in [-0.2, 0) is 11.2 Å². The topological polar surface area (TPSA) is 58.4 Å². The Kier molecular flexibility index (Phi) is 5.09. The van der Waals surface area contributed by atoms with Crippen molar-refractivity contribution in [3.05, 3.63) is 40.2 Å². The highest BCUT2D eigenvalue weighted by Gasteiger charge is 2.18. The van der Waals surface area contributed by atoms with Crippen LogP contribution in [0.5, 0.6) is 0 Å². The maximum Gasteiger partial charge on any atom is 0.229 e. The molecule has 1 N–H and O–H groups in total. The van der Waals surface area contributed by atoms with Gasteiger partial charge < -0.3 is 14.7 Å². The molecule has 3 rings (SSSR count). The highest BCUT2D eigenvalue weighted by atomic mass is 35.5. The maximum absolute atomic E-state index is 12.5. The van der Waals surface area contributed by atoms with Gasteiger partial charge in [-0.2, -0.15) is 0 Å². The van der Waals surface area contributed by atoms with Crippen LogP contribution in [0, 0.1) is 13.8 Å². The fraction of sp³-hybridized carbons (Fsp3) is 0.444. The van der Waals surface area contributed by atoms with Crippen LogP contribution in [0.2, 0.25) is 5.02 Å². The van der Waals surface area contributed by atoms with E-state index in [4.69, 9.17) is 16.1 Å². The van der Waals surface area contributed by atoms with Crippen molar-refractivity contribution >= 4 is 28.9 Å². The molecule has 1 aliphatic rings. The number of nitrogens with zero attached hydrogens (tertiary/aromatic N) is 2. The van der Waals surface area contributed by atoms with Gasteiger partial charge in [0.25, 0.3) is 0 Å². The smallest absolute Gasteiger partial charge is 0.229 e. The van der Waals surface area contributed by atoms with Gasteiger partial charge in [-0.25, -0.2) is 0 Å². The van der Waals surface area contributed by atoms with Crippen molar-refractivity contribution in [1.82, 2.24) is 5.16 Å². The van der Waals surface area contributed by atoms with Crippen LogP contribution < -0.4 is 10.2 Å². The second kappa shape index (κ2) is 7.26. The molecule has 1 aliphatic heterocycles. The van der Waals surface area contributed by atoms with Gasteiger partial charge in [0.15, 0.2) is 0 Å². The summed E-state index contributed by atoms with van der Waals surface area (Å²) in [7, 11) is 0. The molecule has 0 atom stereocenters. The highest BCUT2D eigenvalue weighted by molar-refractivity contribution is 6.31. The average molecular weight is 348 g/mol. The van der Waals surface area contributed by atoms with Crippen molar-refractivity contribution in [2.45, 2.75) is 39.5 Å². The van der Waals surface area contributed by atoms with E-state index in [0.717, 1.165) is 35.7 Å². The molecule has 1 aromatic carbocycles. The molecule has 6 heteroatoms. The number of carbonyl (C=O) groups excluding carboxylic acids is 1. The van der Waals surface area contributed by atoms with Crippen molar-refractivity contribution in [3.63, 3.8) is 0 Å². The summed E-state index contributed by atoms with van der Waals surface area (Å²) in [6.07, 6.45) is 3.86. The Balaban J connectivity index is 1.78. The Morgan fingerprint density at radius 3 is 2.71 bits per heavy atom. The molecule has 1 fully saturated rings. The fourth-order valence-electron chi connectivity index (χ4n) is 3.13. The molecule has 0 aliphatic carbocycles. The first-order valence-electron chi connectivity index (χ1n) is 8.30. The number of anilines is 2. The fourth-order valence-corrected chi connectivity index (χ4v) is 3.30. The lowest BCUT2D eigenvalue weighted by molar-refractivity contribution is -0.115. The number of halogens is 1.